The number of carbonyl (C=O) groups excluding carboxylic acids is 1. The number of nitrogens with one attached hydrogen (secondary N) is 1. The fourth-order valence-corrected chi connectivity index (χ4v) is 3.72. The van der Waals surface area contributed by atoms with Crippen molar-refractivity contribution in [2.24, 2.45) is 0 Å². The molecule has 6 nitrogen and oxygen atoms in total. The number of nitrogens with zero attached hydrogens (tertiary/aromatic N) is 2. The average Bonchev–Trinajstić information content (AvgIpc) is 2.72. The number of ether oxygens (including phenoxy) is 1. The van der Waals surface area contributed by atoms with Crippen LogP contribution >= 0.6 is 11.8 Å². The zero-order chi connectivity index (χ0) is 20.1. The lowest BCUT2D eigenvalue weighted by atomic mass is 10.2. The van der Waals surface area contributed by atoms with Crippen molar-refractivity contribution in [3.8, 4) is 5.75 Å². The van der Waals surface area contributed by atoms with Gasteiger partial charge in [0, 0.05) is 17.8 Å². The van der Waals surface area contributed by atoms with E-state index >= 15 is 0 Å². The van der Waals surface area contributed by atoms with Crippen LogP contribution in [0.3, 0.4) is 0 Å². The van der Waals surface area contributed by atoms with E-state index < -0.39 is 0 Å². The molecular weight excluding hydrogens is 374 g/mol. The lowest BCUT2D eigenvalue weighted by Gasteiger charge is -2.18. The van der Waals surface area contributed by atoms with Gasteiger partial charge in [-0.15, -0.1) is 0 Å². The molecule has 2 aromatic carbocycles. The van der Waals surface area contributed by atoms with Crippen molar-refractivity contribution >= 4 is 34.3 Å². The van der Waals surface area contributed by atoms with Crippen LogP contribution in [0.2, 0.25) is 0 Å². The van der Waals surface area contributed by atoms with Gasteiger partial charge in [-0.05, 0) is 37.6 Å². The minimum absolute atomic E-state index is 0.00597. The van der Waals surface area contributed by atoms with Gasteiger partial charge in [0.25, 0.3) is 5.56 Å². The predicted molar refractivity (Wildman–Crippen MR) is 113 cm³/mol. The molecule has 0 bridgehead atoms. The molecule has 3 aromatic rings. The van der Waals surface area contributed by atoms with Crippen molar-refractivity contribution < 1.29 is 9.53 Å². The van der Waals surface area contributed by atoms with Crippen LogP contribution in [-0.2, 0) is 4.79 Å². The summed E-state index contributed by atoms with van der Waals surface area (Å²) in [4.78, 5) is 30.0. The zero-order valence-corrected chi connectivity index (χ0v) is 17.0. The van der Waals surface area contributed by atoms with Gasteiger partial charge >= 0.3 is 0 Å². The first-order valence-electron chi connectivity index (χ1n) is 9.11. The molecule has 0 aliphatic heterocycles. The third-order valence-electron chi connectivity index (χ3n) is 4.49. The molecule has 0 unspecified atom stereocenters. The van der Waals surface area contributed by atoms with E-state index in [0.717, 1.165) is 6.42 Å². The fourth-order valence-electron chi connectivity index (χ4n) is 2.83. The van der Waals surface area contributed by atoms with Crippen LogP contribution in [0, 0.1) is 0 Å². The van der Waals surface area contributed by atoms with E-state index in [9.17, 15) is 9.59 Å². The van der Waals surface area contributed by atoms with Crippen LogP contribution in [-0.4, -0.2) is 28.3 Å². The maximum atomic E-state index is 13.0. The van der Waals surface area contributed by atoms with E-state index in [0.29, 0.717) is 27.5 Å². The topological polar surface area (TPSA) is 73.2 Å². The highest BCUT2D eigenvalue weighted by atomic mass is 32.2. The number of methoxy groups -OCH3 is 1. The first-order valence-corrected chi connectivity index (χ1v) is 10.1. The number of thioether (sulfide) groups is 1. The Hall–Kier alpha value is -2.80. The molecule has 0 fully saturated rings. The molecule has 0 radical (unpaired) electrons. The Labute approximate surface area is 167 Å². The van der Waals surface area contributed by atoms with Crippen molar-refractivity contribution in [3.63, 3.8) is 0 Å². The summed E-state index contributed by atoms with van der Waals surface area (Å²) >= 11 is 1.27. The first-order chi connectivity index (χ1) is 13.5. The summed E-state index contributed by atoms with van der Waals surface area (Å²) in [6.07, 6.45) is 0.795. The lowest BCUT2D eigenvalue weighted by Crippen LogP contribution is -2.26. The largest absolute Gasteiger partial charge is 0.497 e. The number of hydrogen-bond donors (Lipinski definition) is 1. The molecular formula is C21H23N3O3S. The van der Waals surface area contributed by atoms with Crippen molar-refractivity contribution in [1.82, 2.24) is 9.55 Å². The Morgan fingerprint density at radius 1 is 1.25 bits per heavy atom. The van der Waals surface area contributed by atoms with E-state index in [1.54, 1.807) is 29.9 Å². The van der Waals surface area contributed by atoms with Gasteiger partial charge in [-0.1, -0.05) is 36.9 Å². The fraction of sp³-hybridized carbons (Fsp3) is 0.286. The monoisotopic (exact) mass is 397 g/mol. The van der Waals surface area contributed by atoms with Gasteiger partial charge in [-0.2, -0.15) is 0 Å². The van der Waals surface area contributed by atoms with Gasteiger partial charge in [-0.25, -0.2) is 4.98 Å². The molecule has 0 aliphatic carbocycles. The summed E-state index contributed by atoms with van der Waals surface area (Å²) < 4.78 is 6.86. The van der Waals surface area contributed by atoms with Gasteiger partial charge in [0.15, 0.2) is 5.16 Å². The van der Waals surface area contributed by atoms with Crippen LogP contribution in [0.15, 0.2) is 58.5 Å². The number of rotatable bonds is 7. The number of anilines is 1. The molecule has 146 valence electrons. The highest BCUT2D eigenvalue weighted by molar-refractivity contribution is 7.99. The van der Waals surface area contributed by atoms with E-state index in [4.69, 9.17) is 4.74 Å². The summed E-state index contributed by atoms with van der Waals surface area (Å²) in [5.74, 6) is 0.655. The molecule has 0 saturated carbocycles. The van der Waals surface area contributed by atoms with E-state index in [1.165, 1.54) is 11.8 Å². The van der Waals surface area contributed by atoms with E-state index in [-0.39, 0.29) is 23.3 Å². The number of carbonyl (C=O) groups is 1. The number of benzene rings is 2. The van der Waals surface area contributed by atoms with Crippen molar-refractivity contribution in [1.29, 1.82) is 0 Å². The summed E-state index contributed by atoms with van der Waals surface area (Å²) in [7, 11) is 1.58. The summed E-state index contributed by atoms with van der Waals surface area (Å²) in [6, 6.07) is 14.5. The van der Waals surface area contributed by atoms with Crippen molar-refractivity contribution in [2.75, 3.05) is 18.2 Å². The maximum Gasteiger partial charge on any atom is 0.262 e. The Morgan fingerprint density at radius 3 is 2.79 bits per heavy atom. The summed E-state index contributed by atoms with van der Waals surface area (Å²) in [5.41, 5.74) is 1.23. The second-order valence-corrected chi connectivity index (χ2v) is 7.36. The van der Waals surface area contributed by atoms with Crippen molar-refractivity contribution in [3.05, 3.63) is 58.9 Å². The second-order valence-electron chi connectivity index (χ2n) is 6.41. The number of amides is 1. The number of para-hydroxylation sites is 1. The predicted octanol–water partition coefficient (Wildman–Crippen LogP) is 4.11. The number of fused-ring (bicyclic) bond motifs is 1. The first kappa shape index (κ1) is 19.9. The molecule has 1 amide bonds. The minimum Gasteiger partial charge on any atom is -0.497 e. The zero-order valence-electron chi connectivity index (χ0n) is 16.1. The lowest BCUT2D eigenvalue weighted by molar-refractivity contribution is -0.113. The molecule has 7 heteroatoms. The average molecular weight is 398 g/mol. The normalized spacial score (nSPS) is 12.0. The van der Waals surface area contributed by atoms with Crippen LogP contribution in [0.1, 0.15) is 26.3 Å². The minimum atomic E-state index is -0.170. The maximum absolute atomic E-state index is 13.0. The van der Waals surface area contributed by atoms with Gasteiger partial charge in [0.05, 0.1) is 23.8 Å². The highest BCUT2D eigenvalue weighted by Crippen LogP contribution is 2.23. The number of hydrogen-bond acceptors (Lipinski definition) is 5. The molecule has 0 aliphatic rings. The number of aromatic nitrogens is 2. The van der Waals surface area contributed by atoms with Crippen LogP contribution in [0.25, 0.3) is 10.9 Å². The smallest absolute Gasteiger partial charge is 0.262 e. The molecule has 28 heavy (non-hydrogen) atoms. The van der Waals surface area contributed by atoms with Gasteiger partial charge in [0.1, 0.15) is 5.75 Å². The third-order valence-corrected chi connectivity index (χ3v) is 5.45. The summed E-state index contributed by atoms with van der Waals surface area (Å²) in [6.45, 7) is 4.01. The Balaban J connectivity index is 1.83. The van der Waals surface area contributed by atoms with Crippen molar-refractivity contribution in [2.45, 2.75) is 31.5 Å². The SMILES string of the molecule is CC[C@@H](C)n1c(SCC(=O)Nc2cccc(OC)c2)nc2ccccc2c1=O. The van der Waals surface area contributed by atoms with E-state index in [2.05, 4.69) is 10.3 Å². The Morgan fingerprint density at radius 2 is 2.04 bits per heavy atom. The standard InChI is InChI=1S/C21H23N3O3S/c1-4-14(2)24-20(26)17-10-5-6-11-18(17)23-21(24)28-13-19(25)22-15-8-7-9-16(12-15)27-3/h5-12,14H,4,13H2,1-3H3,(H,22,25)/t14-/m1/s1. The molecule has 0 spiro atoms. The van der Waals surface area contributed by atoms with Crippen LogP contribution in [0.4, 0.5) is 5.69 Å². The van der Waals surface area contributed by atoms with E-state index in [1.807, 2.05) is 44.2 Å². The third kappa shape index (κ3) is 4.36. The second kappa shape index (κ2) is 8.93. The Bertz CT molecular complexity index is 1050. The molecule has 3 rings (SSSR count). The van der Waals surface area contributed by atoms with Crippen LogP contribution < -0.4 is 15.6 Å². The highest BCUT2D eigenvalue weighted by Gasteiger charge is 2.16. The summed E-state index contributed by atoms with van der Waals surface area (Å²) in [5, 5.41) is 3.99. The van der Waals surface area contributed by atoms with Gasteiger partial charge in [-0.3, -0.25) is 14.2 Å². The van der Waals surface area contributed by atoms with Gasteiger partial charge < -0.3 is 10.1 Å². The molecule has 1 aromatic heterocycles. The molecule has 1 N–H and O–H groups in total. The molecule has 0 saturated heterocycles. The van der Waals surface area contributed by atoms with Crippen LogP contribution in [0.5, 0.6) is 5.75 Å². The quantitative estimate of drug-likeness (QED) is 0.480. The Kier molecular flexibility index (Phi) is 6.36. The molecule has 1 heterocycles. The molecule has 1 atom stereocenters. The van der Waals surface area contributed by atoms with Gasteiger partial charge in [0.2, 0.25) is 5.91 Å².